The van der Waals surface area contributed by atoms with Crippen molar-refractivity contribution in [2.45, 2.75) is 52.4 Å². The summed E-state index contributed by atoms with van der Waals surface area (Å²) in [5.41, 5.74) is 12.1. The van der Waals surface area contributed by atoms with Gasteiger partial charge in [-0.05, 0) is 106 Å². The van der Waals surface area contributed by atoms with Crippen LogP contribution in [0.1, 0.15) is 63.8 Å². The Morgan fingerprint density at radius 3 is 1.64 bits per heavy atom. The monoisotopic (exact) mass is 646 g/mol. The van der Waals surface area contributed by atoms with E-state index >= 15 is 0 Å². The first-order valence-electron chi connectivity index (χ1n) is 17.1. The third-order valence-electron chi connectivity index (χ3n) is 10.1. The second kappa shape index (κ2) is 11.2. The highest BCUT2D eigenvalue weighted by Gasteiger charge is 2.22. The van der Waals surface area contributed by atoms with Crippen LogP contribution >= 0.6 is 0 Å². The lowest BCUT2D eigenvalue weighted by atomic mass is 9.86. The van der Waals surface area contributed by atoms with Gasteiger partial charge >= 0.3 is 0 Å². The van der Waals surface area contributed by atoms with Crippen LogP contribution in [0, 0.1) is 22.7 Å². The first-order valence-corrected chi connectivity index (χ1v) is 17.1. The van der Waals surface area contributed by atoms with Gasteiger partial charge in [0, 0.05) is 27.2 Å². The molecule has 0 unspecified atom stereocenters. The molecular weight excluding hydrogens is 609 g/mol. The number of fused-ring (bicyclic) bond motifs is 6. The number of benzene rings is 6. The summed E-state index contributed by atoms with van der Waals surface area (Å²) < 4.78 is 4.52. The summed E-state index contributed by atoms with van der Waals surface area (Å²) in [7, 11) is 0. The SMILES string of the molecule is CC(C)(C)c1ccc2c(c1)c1ccc(-c3ccc4c(c3)c3cc(C(C)(C)C)ccc3n4-c3cc(C#N)ccc3C#N)cc1n2-c1ccccc1. The Balaban J connectivity index is 1.40. The smallest absolute Gasteiger partial charge is 0.101 e. The summed E-state index contributed by atoms with van der Waals surface area (Å²) in [5, 5.41) is 24.6. The van der Waals surface area contributed by atoms with Gasteiger partial charge in [0.05, 0.1) is 45.0 Å². The van der Waals surface area contributed by atoms with Crippen molar-refractivity contribution in [3.8, 4) is 34.6 Å². The Kier molecular flexibility index (Phi) is 7.00. The third-order valence-corrected chi connectivity index (χ3v) is 10.1. The predicted octanol–water partition coefficient (Wildman–Crippen LogP) is 11.9. The van der Waals surface area contributed by atoms with E-state index in [0.29, 0.717) is 16.8 Å². The minimum absolute atomic E-state index is 0.0402. The first-order chi connectivity index (χ1) is 24.0. The number of nitrogens with zero attached hydrogens (tertiary/aromatic N) is 4. The highest BCUT2D eigenvalue weighted by Crippen LogP contribution is 2.40. The largest absolute Gasteiger partial charge is 0.309 e. The van der Waals surface area contributed by atoms with E-state index in [-0.39, 0.29) is 10.8 Å². The normalized spacial score (nSPS) is 12.2. The van der Waals surface area contributed by atoms with E-state index < -0.39 is 0 Å². The van der Waals surface area contributed by atoms with Gasteiger partial charge < -0.3 is 9.13 Å². The molecule has 242 valence electrons. The van der Waals surface area contributed by atoms with Crippen molar-refractivity contribution in [2.75, 3.05) is 0 Å². The van der Waals surface area contributed by atoms with Gasteiger partial charge in [0.15, 0.2) is 0 Å². The minimum atomic E-state index is -0.0402. The molecule has 0 radical (unpaired) electrons. The van der Waals surface area contributed by atoms with E-state index in [1.54, 1.807) is 12.1 Å². The Labute approximate surface area is 293 Å². The molecule has 2 aromatic heterocycles. The molecule has 0 spiro atoms. The van der Waals surface area contributed by atoms with Crippen LogP contribution in [0.4, 0.5) is 0 Å². The molecule has 0 atom stereocenters. The molecule has 8 aromatic rings. The maximum atomic E-state index is 10.1. The van der Waals surface area contributed by atoms with Crippen molar-refractivity contribution in [3.05, 3.63) is 144 Å². The van der Waals surface area contributed by atoms with E-state index in [4.69, 9.17) is 0 Å². The maximum absolute atomic E-state index is 10.1. The second-order valence-corrected chi connectivity index (χ2v) is 15.4. The molecule has 0 aliphatic heterocycles. The number of para-hydroxylation sites is 1. The van der Waals surface area contributed by atoms with Crippen molar-refractivity contribution < 1.29 is 0 Å². The maximum Gasteiger partial charge on any atom is 0.101 e. The quantitative estimate of drug-likeness (QED) is 0.192. The zero-order valence-electron chi connectivity index (χ0n) is 29.3. The Bertz CT molecular complexity index is 2730. The highest BCUT2D eigenvalue weighted by atomic mass is 15.0. The summed E-state index contributed by atoms with van der Waals surface area (Å²) in [4.78, 5) is 0. The molecule has 0 bridgehead atoms. The van der Waals surface area contributed by atoms with E-state index in [0.717, 1.165) is 38.6 Å². The van der Waals surface area contributed by atoms with Crippen molar-refractivity contribution in [1.82, 2.24) is 9.13 Å². The Morgan fingerprint density at radius 2 is 1.02 bits per heavy atom. The molecule has 4 heteroatoms. The van der Waals surface area contributed by atoms with Crippen molar-refractivity contribution in [3.63, 3.8) is 0 Å². The lowest BCUT2D eigenvalue weighted by Crippen LogP contribution is -2.10. The Morgan fingerprint density at radius 1 is 0.460 bits per heavy atom. The number of hydrogen-bond donors (Lipinski definition) is 0. The molecule has 6 aromatic carbocycles. The van der Waals surface area contributed by atoms with Crippen LogP contribution in [-0.2, 0) is 10.8 Å². The van der Waals surface area contributed by atoms with Crippen LogP contribution < -0.4 is 0 Å². The average molecular weight is 647 g/mol. The molecule has 8 rings (SSSR count). The van der Waals surface area contributed by atoms with Gasteiger partial charge in [-0.3, -0.25) is 0 Å². The van der Waals surface area contributed by atoms with Gasteiger partial charge in [0.2, 0.25) is 0 Å². The molecule has 0 N–H and O–H groups in total. The average Bonchev–Trinajstić information content (AvgIpc) is 3.62. The van der Waals surface area contributed by atoms with Gasteiger partial charge in [-0.25, -0.2) is 0 Å². The van der Waals surface area contributed by atoms with Crippen LogP contribution in [0.2, 0.25) is 0 Å². The number of rotatable bonds is 3. The van der Waals surface area contributed by atoms with Crippen LogP contribution in [-0.4, -0.2) is 9.13 Å². The van der Waals surface area contributed by atoms with Crippen LogP contribution in [0.5, 0.6) is 0 Å². The van der Waals surface area contributed by atoms with E-state index in [9.17, 15) is 10.5 Å². The van der Waals surface area contributed by atoms with Crippen molar-refractivity contribution >= 4 is 43.6 Å². The van der Waals surface area contributed by atoms with Gasteiger partial charge in [-0.1, -0.05) is 90.1 Å². The molecule has 4 nitrogen and oxygen atoms in total. The molecule has 2 heterocycles. The molecule has 0 saturated carbocycles. The van der Waals surface area contributed by atoms with Gasteiger partial charge in [-0.2, -0.15) is 10.5 Å². The molecule has 0 aliphatic carbocycles. The second-order valence-electron chi connectivity index (χ2n) is 15.4. The molecule has 50 heavy (non-hydrogen) atoms. The molecule has 0 fully saturated rings. The predicted molar refractivity (Wildman–Crippen MR) is 207 cm³/mol. The van der Waals surface area contributed by atoms with Gasteiger partial charge in [0.1, 0.15) is 6.07 Å². The summed E-state index contributed by atoms with van der Waals surface area (Å²) >= 11 is 0. The summed E-state index contributed by atoms with van der Waals surface area (Å²) in [6.07, 6.45) is 0. The fraction of sp³-hybridized carbons (Fsp3) is 0.174. The highest BCUT2D eigenvalue weighted by molar-refractivity contribution is 6.13. The minimum Gasteiger partial charge on any atom is -0.309 e. The van der Waals surface area contributed by atoms with E-state index in [2.05, 4.69) is 166 Å². The molecular formula is C46H38N4. The summed E-state index contributed by atoms with van der Waals surface area (Å²) in [5.74, 6) is 0. The van der Waals surface area contributed by atoms with E-state index in [1.807, 2.05) is 6.07 Å². The zero-order chi connectivity index (χ0) is 34.9. The fourth-order valence-corrected chi connectivity index (χ4v) is 7.33. The topological polar surface area (TPSA) is 57.4 Å². The fourth-order valence-electron chi connectivity index (χ4n) is 7.33. The Hall–Kier alpha value is -6.10. The lowest BCUT2D eigenvalue weighted by Gasteiger charge is -2.19. The molecule has 0 saturated heterocycles. The standard InChI is InChI=1S/C46H38N4/c1-45(2,3)33-16-20-40-38(25-33)36-18-14-31(24-44(36)49(40)35-10-8-7-9-11-35)30-15-19-41-37(23-30)39-26-34(46(4,5)6)17-21-42(39)50(41)43-22-29(27-47)12-13-32(43)28-48/h7-26H,1-6H3. The number of nitriles is 2. The van der Waals surface area contributed by atoms with E-state index in [1.165, 1.54) is 32.9 Å². The van der Waals surface area contributed by atoms with Crippen LogP contribution in [0.25, 0.3) is 66.1 Å². The third kappa shape index (κ3) is 4.96. The summed E-state index contributed by atoms with van der Waals surface area (Å²) in [6, 6.07) is 47.5. The van der Waals surface area contributed by atoms with Crippen molar-refractivity contribution in [1.29, 1.82) is 10.5 Å². The van der Waals surface area contributed by atoms with Gasteiger partial charge in [-0.15, -0.1) is 0 Å². The first kappa shape index (κ1) is 31.2. The molecule has 0 amide bonds. The summed E-state index contributed by atoms with van der Waals surface area (Å²) in [6.45, 7) is 13.5. The number of aromatic nitrogens is 2. The molecule has 0 aliphatic rings. The zero-order valence-corrected chi connectivity index (χ0v) is 29.3. The van der Waals surface area contributed by atoms with Crippen LogP contribution in [0.3, 0.4) is 0 Å². The number of hydrogen-bond acceptors (Lipinski definition) is 2. The van der Waals surface area contributed by atoms with Gasteiger partial charge in [0.25, 0.3) is 0 Å². The lowest BCUT2D eigenvalue weighted by molar-refractivity contribution is 0.591. The van der Waals surface area contributed by atoms with Crippen LogP contribution in [0.15, 0.2) is 121 Å². The van der Waals surface area contributed by atoms with Crippen molar-refractivity contribution in [2.24, 2.45) is 0 Å².